The number of carboxylic acids is 1. The Morgan fingerprint density at radius 3 is 2.54 bits per heavy atom. The highest BCUT2D eigenvalue weighted by Crippen LogP contribution is 2.19. The van der Waals surface area contributed by atoms with Crippen molar-refractivity contribution in [2.45, 2.75) is 39.5 Å². The van der Waals surface area contributed by atoms with E-state index in [1.807, 2.05) is 18.2 Å². The molecule has 0 saturated carbocycles. The van der Waals surface area contributed by atoms with Crippen LogP contribution >= 0.6 is 0 Å². The number of hydrogen-bond acceptors (Lipinski definition) is 2. The number of imidazole rings is 1. The topological polar surface area (TPSA) is 66.0 Å². The van der Waals surface area contributed by atoms with E-state index in [9.17, 15) is 9.90 Å². The summed E-state index contributed by atoms with van der Waals surface area (Å²) >= 11 is 0. The minimum absolute atomic E-state index is 0.169. The third kappa shape index (κ3) is 4.12. The summed E-state index contributed by atoms with van der Waals surface area (Å²) in [6, 6.07) is 11.7. The lowest BCUT2D eigenvalue weighted by Gasteiger charge is -2.00. The average Bonchev–Trinajstić information content (AvgIpc) is 3.00. The Bertz CT molecular complexity index is 989. The number of aromatic carboxylic acids is 1. The number of aromatic amines is 1. The van der Waals surface area contributed by atoms with E-state index in [1.54, 1.807) is 13.0 Å². The number of benzene rings is 2. The van der Waals surface area contributed by atoms with Gasteiger partial charge in [-0.05, 0) is 49.6 Å². The van der Waals surface area contributed by atoms with Crippen LogP contribution in [0.3, 0.4) is 0 Å². The summed E-state index contributed by atoms with van der Waals surface area (Å²) < 4.78 is 0. The predicted molar refractivity (Wildman–Crippen MR) is 103 cm³/mol. The maximum atomic E-state index is 11.5. The number of unbranched alkanes of at least 4 members (excludes halogenated alkanes) is 2. The molecule has 0 aliphatic rings. The smallest absolute Gasteiger partial charge is 0.338 e. The molecule has 4 nitrogen and oxygen atoms in total. The first-order valence-corrected chi connectivity index (χ1v) is 8.91. The van der Waals surface area contributed by atoms with E-state index in [0.717, 1.165) is 12.0 Å². The molecule has 0 fully saturated rings. The van der Waals surface area contributed by atoms with Crippen molar-refractivity contribution in [2.24, 2.45) is 0 Å². The predicted octanol–water partition coefficient (Wildman–Crippen LogP) is 4.70. The summed E-state index contributed by atoms with van der Waals surface area (Å²) in [7, 11) is 0. The van der Waals surface area contributed by atoms with Crippen LogP contribution in [-0.2, 0) is 6.42 Å². The van der Waals surface area contributed by atoms with Crippen LogP contribution in [0.4, 0.5) is 0 Å². The van der Waals surface area contributed by atoms with Gasteiger partial charge in [-0.15, -0.1) is 0 Å². The van der Waals surface area contributed by atoms with E-state index in [1.165, 1.54) is 24.8 Å². The third-order valence-corrected chi connectivity index (χ3v) is 4.31. The van der Waals surface area contributed by atoms with Gasteiger partial charge in [-0.3, -0.25) is 0 Å². The molecule has 0 atom stereocenters. The summed E-state index contributed by atoms with van der Waals surface area (Å²) in [5.41, 5.74) is 4.23. The molecule has 0 bridgehead atoms. The number of hydrogen-bond donors (Lipinski definition) is 2. The van der Waals surface area contributed by atoms with Gasteiger partial charge < -0.3 is 10.1 Å². The lowest BCUT2D eigenvalue weighted by atomic mass is 10.0. The highest BCUT2D eigenvalue weighted by Gasteiger charge is 2.13. The standard InChI is InChI=1S/C22H22N2O2/c1-3-4-5-6-16-7-9-17(10-8-16)11-12-18-13-19(22(25)26)21-20(14-18)23-15(2)24-21/h7-10,13-14H,3-6H2,1-2H3,(H,23,24)(H,25,26). The van der Waals surface area contributed by atoms with Crippen LogP contribution in [0.15, 0.2) is 36.4 Å². The van der Waals surface area contributed by atoms with Crippen LogP contribution in [-0.4, -0.2) is 21.0 Å². The first-order chi connectivity index (χ1) is 12.6. The zero-order valence-electron chi connectivity index (χ0n) is 15.1. The molecule has 3 aromatic rings. The number of H-pyrrole nitrogens is 1. The first-order valence-electron chi connectivity index (χ1n) is 8.91. The lowest BCUT2D eigenvalue weighted by Crippen LogP contribution is -1.98. The van der Waals surface area contributed by atoms with Crippen LogP contribution in [0.1, 0.15) is 59.1 Å². The zero-order valence-corrected chi connectivity index (χ0v) is 15.1. The number of carbonyl (C=O) groups is 1. The van der Waals surface area contributed by atoms with Crippen LogP contribution in [0.5, 0.6) is 0 Å². The number of rotatable bonds is 5. The second-order valence-corrected chi connectivity index (χ2v) is 6.45. The second kappa shape index (κ2) is 7.88. The van der Waals surface area contributed by atoms with Crippen LogP contribution in [0.25, 0.3) is 11.0 Å². The van der Waals surface area contributed by atoms with Gasteiger partial charge in [0.25, 0.3) is 0 Å². The van der Waals surface area contributed by atoms with E-state index >= 15 is 0 Å². The fraction of sp³-hybridized carbons (Fsp3) is 0.273. The van der Waals surface area contributed by atoms with Crippen molar-refractivity contribution in [3.63, 3.8) is 0 Å². The van der Waals surface area contributed by atoms with Gasteiger partial charge >= 0.3 is 5.97 Å². The molecule has 0 aliphatic carbocycles. The largest absolute Gasteiger partial charge is 0.478 e. The molecule has 26 heavy (non-hydrogen) atoms. The maximum Gasteiger partial charge on any atom is 0.338 e. The van der Waals surface area contributed by atoms with E-state index in [0.29, 0.717) is 22.4 Å². The summed E-state index contributed by atoms with van der Waals surface area (Å²) in [4.78, 5) is 18.8. The molecule has 2 aromatic carbocycles. The van der Waals surface area contributed by atoms with Crippen LogP contribution in [0, 0.1) is 18.8 Å². The van der Waals surface area contributed by atoms with Crippen molar-refractivity contribution in [3.05, 3.63) is 64.5 Å². The van der Waals surface area contributed by atoms with Gasteiger partial charge in [-0.25, -0.2) is 9.78 Å². The number of carboxylic acid groups (broad SMARTS) is 1. The van der Waals surface area contributed by atoms with Crippen molar-refractivity contribution in [1.82, 2.24) is 9.97 Å². The van der Waals surface area contributed by atoms with Crippen LogP contribution < -0.4 is 0 Å². The summed E-state index contributed by atoms with van der Waals surface area (Å²) in [6.45, 7) is 4.01. The fourth-order valence-corrected chi connectivity index (χ4v) is 2.95. The Hall–Kier alpha value is -3.06. The van der Waals surface area contributed by atoms with Crippen molar-refractivity contribution in [2.75, 3.05) is 0 Å². The first kappa shape index (κ1) is 17.8. The molecule has 1 aromatic heterocycles. The number of aryl methyl sites for hydroxylation is 2. The molecule has 0 amide bonds. The van der Waals surface area contributed by atoms with E-state index in [2.05, 4.69) is 40.9 Å². The normalized spacial score (nSPS) is 10.5. The highest BCUT2D eigenvalue weighted by molar-refractivity contribution is 6.01. The van der Waals surface area contributed by atoms with E-state index in [4.69, 9.17) is 0 Å². The molecule has 1 heterocycles. The number of nitrogens with one attached hydrogen (secondary N) is 1. The summed E-state index contributed by atoms with van der Waals surface area (Å²) in [5.74, 6) is 5.87. The molecule has 0 spiro atoms. The summed E-state index contributed by atoms with van der Waals surface area (Å²) in [5, 5.41) is 9.42. The Morgan fingerprint density at radius 1 is 1.12 bits per heavy atom. The Kier molecular flexibility index (Phi) is 5.38. The van der Waals surface area contributed by atoms with Crippen molar-refractivity contribution >= 4 is 17.0 Å². The molecule has 2 N–H and O–H groups in total. The number of nitrogens with zero attached hydrogens (tertiary/aromatic N) is 1. The number of fused-ring (bicyclic) bond motifs is 1. The average molecular weight is 346 g/mol. The van der Waals surface area contributed by atoms with Crippen molar-refractivity contribution < 1.29 is 9.90 Å². The minimum atomic E-state index is -0.999. The molecule has 132 valence electrons. The molecule has 0 aliphatic heterocycles. The molecule has 4 heteroatoms. The monoisotopic (exact) mass is 346 g/mol. The second-order valence-electron chi connectivity index (χ2n) is 6.45. The molecule has 0 saturated heterocycles. The Balaban J connectivity index is 1.84. The Labute approximate surface area is 153 Å². The third-order valence-electron chi connectivity index (χ3n) is 4.31. The molecule has 0 radical (unpaired) electrons. The minimum Gasteiger partial charge on any atom is -0.478 e. The fourth-order valence-electron chi connectivity index (χ4n) is 2.95. The molecular weight excluding hydrogens is 324 g/mol. The van der Waals surface area contributed by atoms with Gasteiger partial charge in [0, 0.05) is 11.1 Å². The Morgan fingerprint density at radius 2 is 1.85 bits per heavy atom. The van der Waals surface area contributed by atoms with Gasteiger partial charge in [0.2, 0.25) is 0 Å². The summed E-state index contributed by atoms with van der Waals surface area (Å²) in [6.07, 6.45) is 4.79. The van der Waals surface area contributed by atoms with Crippen LogP contribution in [0.2, 0.25) is 0 Å². The van der Waals surface area contributed by atoms with Gasteiger partial charge in [-0.2, -0.15) is 0 Å². The molecule has 0 unspecified atom stereocenters. The van der Waals surface area contributed by atoms with Gasteiger partial charge in [0.1, 0.15) is 11.3 Å². The van der Waals surface area contributed by atoms with E-state index < -0.39 is 5.97 Å². The van der Waals surface area contributed by atoms with Gasteiger partial charge in [0.15, 0.2) is 0 Å². The van der Waals surface area contributed by atoms with Crippen molar-refractivity contribution in [1.29, 1.82) is 0 Å². The quantitative estimate of drug-likeness (QED) is 0.520. The van der Waals surface area contributed by atoms with Crippen molar-refractivity contribution in [3.8, 4) is 11.8 Å². The molecule has 3 rings (SSSR count). The maximum absolute atomic E-state index is 11.5. The molecular formula is C22H22N2O2. The zero-order chi connectivity index (χ0) is 18.5. The SMILES string of the molecule is CCCCCc1ccc(C#Cc2cc(C(=O)O)c3nc(C)[nH]c3c2)cc1. The van der Waals surface area contributed by atoms with Gasteiger partial charge in [0.05, 0.1) is 11.1 Å². The lowest BCUT2D eigenvalue weighted by molar-refractivity contribution is 0.0699. The van der Waals surface area contributed by atoms with E-state index in [-0.39, 0.29) is 5.56 Å². The highest BCUT2D eigenvalue weighted by atomic mass is 16.4. The van der Waals surface area contributed by atoms with Gasteiger partial charge in [-0.1, -0.05) is 43.7 Å². The number of aromatic nitrogens is 2.